The number of halogens is 2. The summed E-state index contributed by atoms with van der Waals surface area (Å²) in [6.07, 6.45) is 1.50. The topological polar surface area (TPSA) is 74.1 Å². The van der Waals surface area contributed by atoms with Crippen molar-refractivity contribution in [3.05, 3.63) is 94.3 Å². The fourth-order valence-electron chi connectivity index (χ4n) is 4.23. The molecule has 6 nitrogen and oxygen atoms in total. The SMILES string of the molecule is CCOC(=O)c1cn(CC)c2ccc3nc(-c4ccc(F)cc4)c(-c4ccc(F)cc4)nc3c2c1=O. The first-order valence-corrected chi connectivity index (χ1v) is 11.5. The van der Waals surface area contributed by atoms with Crippen LogP contribution >= 0.6 is 0 Å². The number of ether oxygens (including phenoxy) is 1. The van der Waals surface area contributed by atoms with Crippen molar-refractivity contribution in [2.75, 3.05) is 6.61 Å². The summed E-state index contributed by atoms with van der Waals surface area (Å²) in [4.78, 5) is 35.7. The summed E-state index contributed by atoms with van der Waals surface area (Å²) in [5.74, 6) is -1.52. The molecular formula is C28H21F2N3O3. The van der Waals surface area contributed by atoms with Crippen molar-refractivity contribution in [3.8, 4) is 22.5 Å². The number of fused-ring (bicyclic) bond motifs is 3. The van der Waals surface area contributed by atoms with Crippen LogP contribution in [0.5, 0.6) is 0 Å². The number of aromatic nitrogens is 3. The van der Waals surface area contributed by atoms with Crippen molar-refractivity contribution in [1.82, 2.24) is 14.5 Å². The third kappa shape index (κ3) is 4.00. The predicted molar refractivity (Wildman–Crippen MR) is 134 cm³/mol. The molecule has 0 atom stereocenters. The van der Waals surface area contributed by atoms with Crippen molar-refractivity contribution < 1.29 is 18.3 Å². The van der Waals surface area contributed by atoms with E-state index in [-0.39, 0.29) is 17.6 Å². The lowest BCUT2D eigenvalue weighted by Crippen LogP contribution is -2.21. The summed E-state index contributed by atoms with van der Waals surface area (Å²) in [5, 5.41) is 0.237. The molecule has 0 amide bonds. The van der Waals surface area contributed by atoms with E-state index in [1.165, 1.54) is 30.5 Å². The standard InChI is InChI=1S/C28H21F2N3O3/c1-3-33-15-20(28(35)36-4-2)27(34)23-22(33)14-13-21-26(23)32-25(17-7-11-19(30)12-8-17)24(31-21)16-5-9-18(29)10-6-16/h5-15H,3-4H2,1-2H3. The highest BCUT2D eigenvalue weighted by Gasteiger charge is 2.21. The van der Waals surface area contributed by atoms with Gasteiger partial charge in [0.2, 0.25) is 5.43 Å². The molecule has 0 N–H and O–H groups in total. The van der Waals surface area contributed by atoms with E-state index in [0.717, 1.165) is 0 Å². The fraction of sp³-hybridized carbons (Fsp3) is 0.143. The molecule has 36 heavy (non-hydrogen) atoms. The second kappa shape index (κ2) is 9.30. The number of hydrogen-bond donors (Lipinski definition) is 0. The zero-order valence-corrected chi connectivity index (χ0v) is 19.6. The Morgan fingerprint density at radius 3 is 2.00 bits per heavy atom. The summed E-state index contributed by atoms with van der Waals surface area (Å²) in [7, 11) is 0. The van der Waals surface area contributed by atoms with Gasteiger partial charge in [0.15, 0.2) is 0 Å². The molecule has 2 heterocycles. The molecule has 5 aromatic rings. The van der Waals surface area contributed by atoms with E-state index in [4.69, 9.17) is 14.7 Å². The summed E-state index contributed by atoms with van der Waals surface area (Å²) in [6.45, 7) is 4.20. The number of nitrogens with zero attached hydrogens (tertiary/aromatic N) is 3. The lowest BCUT2D eigenvalue weighted by molar-refractivity contribution is 0.0524. The molecule has 8 heteroatoms. The van der Waals surface area contributed by atoms with Gasteiger partial charge in [-0.1, -0.05) is 0 Å². The summed E-state index contributed by atoms with van der Waals surface area (Å²) >= 11 is 0. The van der Waals surface area contributed by atoms with E-state index in [1.807, 2.05) is 6.92 Å². The smallest absolute Gasteiger partial charge is 0.343 e. The van der Waals surface area contributed by atoms with Gasteiger partial charge < -0.3 is 9.30 Å². The maximum atomic E-state index is 13.7. The molecule has 0 unspecified atom stereocenters. The molecule has 5 rings (SSSR count). The van der Waals surface area contributed by atoms with Gasteiger partial charge >= 0.3 is 5.97 Å². The van der Waals surface area contributed by atoms with Gasteiger partial charge in [0, 0.05) is 23.9 Å². The molecule has 180 valence electrons. The molecule has 0 radical (unpaired) electrons. The van der Waals surface area contributed by atoms with E-state index in [9.17, 15) is 18.4 Å². The fourth-order valence-corrected chi connectivity index (χ4v) is 4.23. The van der Waals surface area contributed by atoms with Gasteiger partial charge in [-0.05, 0) is 74.5 Å². The van der Waals surface area contributed by atoms with Crippen molar-refractivity contribution in [3.63, 3.8) is 0 Å². The Morgan fingerprint density at radius 2 is 1.44 bits per heavy atom. The second-order valence-corrected chi connectivity index (χ2v) is 8.14. The molecule has 0 spiro atoms. The normalized spacial score (nSPS) is 11.2. The van der Waals surface area contributed by atoms with Gasteiger partial charge in [-0.25, -0.2) is 23.5 Å². The van der Waals surface area contributed by atoms with Crippen LogP contribution in [0.2, 0.25) is 0 Å². The highest BCUT2D eigenvalue weighted by Crippen LogP contribution is 2.33. The molecule has 0 aliphatic carbocycles. The minimum Gasteiger partial charge on any atom is -0.462 e. The number of rotatable bonds is 5. The van der Waals surface area contributed by atoms with Crippen LogP contribution in [0.3, 0.4) is 0 Å². The first-order valence-electron chi connectivity index (χ1n) is 11.5. The average Bonchev–Trinajstić information content (AvgIpc) is 2.89. The van der Waals surface area contributed by atoms with Crippen molar-refractivity contribution in [1.29, 1.82) is 0 Å². The molecule has 0 aliphatic heterocycles. The molecule has 2 aromatic heterocycles. The Labute approximate surface area is 204 Å². The minimum atomic E-state index is -0.710. The summed E-state index contributed by atoms with van der Waals surface area (Å²) < 4.78 is 34.2. The number of carbonyl (C=O) groups excluding carboxylic acids is 1. The Kier molecular flexibility index (Phi) is 6.01. The number of hydrogen-bond acceptors (Lipinski definition) is 5. The van der Waals surface area contributed by atoms with Crippen LogP contribution in [0.4, 0.5) is 8.78 Å². The zero-order valence-electron chi connectivity index (χ0n) is 19.6. The molecule has 0 fully saturated rings. The zero-order chi connectivity index (χ0) is 25.4. The molecule has 3 aromatic carbocycles. The Bertz CT molecular complexity index is 1680. The molecule has 0 saturated carbocycles. The number of pyridine rings is 1. The van der Waals surface area contributed by atoms with Crippen LogP contribution in [0, 0.1) is 11.6 Å². The van der Waals surface area contributed by atoms with E-state index >= 15 is 0 Å². The largest absolute Gasteiger partial charge is 0.462 e. The number of esters is 1. The summed E-state index contributed by atoms with van der Waals surface area (Å²) in [6, 6.07) is 15.1. The van der Waals surface area contributed by atoms with E-state index in [0.29, 0.717) is 45.6 Å². The Balaban J connectivity index is 1.89. The van der Waals surface area contributed by atoms with Crippen LogP contribution < -0.4 is 5.43 Å². The van der Waals surface area contributed by atoms with E-state index < -0.39 is 23.0 Å². The molecule has 0 aliphatic rings. The van der Waals surface area contributed by atoms with E-state index in [1.54, 1.807) is 47.9 Å². The third-order valence-corrected chi connectivity index (χ3v) is 5.95. The van der Waals surface area contributed by atoms with Crippen LogP contribution in [0.25, 0.3) is 44.5 Å². The van der Waals surface area contributed by atoms with Gasteiger partial charge in [0.1, 0.15) is 22.7 Å². The summed E-state index contributed by atoms with van der Waals surface area (Å²) in [5.41, 5.74) is 2.74. The highest BCUT2D eigenvalue weighted by molar-refractivity contribution is 6.06. The number of aryl methyl sites for hydroxylation is 1. The first kappa shape index (κ1) is 23.3. The monoisotopic (exact) mass is 485 g/mol. The first-order chi connectivity index (χ1) is 17.4. The van der Waals surface area contributed by atoms with Crippen molar-refractivity contribution in [2.24, 2.45) is 0 Å². The number of benzene rings is 3. The maximum absolute atomic E-state index is 13.7. The van der Waals surface area contributed by atoms with Crippen LogP contribution in [0.15, 0.2) is 71.7 Å². The minimum absolute atomic E-state index is 0.0913. The van der Waals surface area contributed by atoms with Gasteiger partial charge in [0.05, 0.1) is 34.4 Å². The second-order valence-electron chi connectivity index (χ2n) is 8.14. The van der Waals surface area contributed by atoms with Crippen LogP contribution in [0.1, 0.15) is 24.2 Å². The van der Waals surface area contributed by atoms with Gasteiger partial charge in [-0.15, -0.1) is 0 Å². The van der Waals surface area contributed by atoms with Gasteiger partial charge in [-0.2, -0.15) is 0 Å². The van der Waals surface area contributed by atoms with Crippen LogP contribution in [-0.2, 0) is 11.3 Å². The van der Waals surface area contributed by atoms with Crippen molar-refractivity contribution >= 4 is 27.9 Å². The quantitative estimate of drug-likeness (QED) is 0.234. The molecule has 0 saturated heterocycles. The lowest BCUT2D eigenvalue weighted by Gasteiger charge is -2.15. The average molecular weight is 485 g/mol. The van der Waals surface area contributed by atoms with Gasteiger partial charge in [-0.3, -0.25) is 4.79 Å². The Hall–Kier alpha value is -4.46. The predicted octanol–water partition coefficient (Wildman–Crippen LogP) is 5.75. The molecule has 0 bridgehead atoms. The van der Waals surface area contributed by atoms with Gasteiger partial charge in [0.25, 0.3) is 0 Å². The number of carbonyl (C=O) groups is 1. The molecular weight excluding hydrogens is 464 g/mol. The Morgan fingerprint density at radius 1 is 0.861 bits per heavy atom. The maximum Gasteiger partial charge on any atom is 0.343 e. The van der Waals surface area contributed by atoms with Crippen LogP contribution in [-0.4, -0.2) is 27.1 Å². The lowest BCUT2D eigenvalue weighted by atomic mass is 10.0. The van der Waals surface area contributed by atoms with Crippen molar-refractivity contribution in [2.45, 2.75) is 20.4 Å². The van der Waals surface area contributed by atoms with E-state index in [2.05, 4.69) is 0 Å². The third-order valence-electron chi connectivity index (χ3n) is 5.95. The highest BCUT2D eigenvalue weighted by atomic mass is 19.1.